The number of anilines is 1. The summed E-state index contributed by atoms with van der Waals surface area (Å²) < 4.78 is 5.73. The number of piperidine rings is 1. The number of aliphatic hydroxyl groups is 1. The van der Waals surface area contributed by atoms with E-state index in [-0.39, 0.29) is 17.6 Å². The maximum atomic E-state index is 12.5. The molecule has 2 heterocycles. The van der Waals surface area contributed by atoms with E-state index >= 15 is 0 Å². The molecule has 3 aromatic rings. The lowest BCUT2D eigenvalue weighted by atomic mass is 10.1. The summed E-state index contributed by atoms with van der Waals surface area (Å²) in [6.07, 6.45) is 4.37. The number of furan rings is 1. The Balaban J connectivity index is 1.39. The van der Waals surface area contributed by atoms with E-state index in [9.17, 15) is 20.0 Å². The molecule has 2 aromatic carbocycles. The van der Waals surface area contributed by atoms with Gasteiger partial charge in [0.1, 0.15) is 11.5 Å². The molecule has 0 spiro atoms. The van der Waals surface area contributed by atoms with Crippen LogP contribution in [0.2, 0.25) is 0 Å². The van der Waals surface area contributed by atoms with Crippen LogP contribution in [0.25, 0.3) is 17.4 Å². The van der Waals surface area contributed by atoms with Gasteiger partial charge in [-0.25, -0.2) is 0 Å². The summed E-state index contributed by atoms with van der Waals surface area (Å²) in [5.41, 5.74) is 2.37. The molecule has 0 aliphatic carbocycles. The quantitative estimate of drug-likeness (QED) is 0.269. The Labute approximate surface area is 179 Å². The normalized spacial score (nSPS) is 14.8. The highest BCUT2D eigenvalue weighted by atomic mass is 16.6. The fourth-order valence-corrected chi connectivity index (χ4v) is 3.56. The van der Waals surface area contributed by atoms with E-state index in [0.717, 1.165) is 37.2 Å². The van der Waals surface area contributed by atoms with Gasteiger partial charge in [0.25, 0.3) is 5.69 Å². The molecule has 1 N–H and O–H groups in total. The standard InChI is InChI=1S/C24H22N2O5/c27-21-13-15-25(16-14-21)19-5-1-17(2-6-19)23(28)11-9-22-10-12-24(31-22)18-3-7-20(8-4-18)26(29)30/h1-12,21,27H,13-16H2. The van der Waals surface area contributed by atoms with Gasteiger partial charge in [0, 0.05) is 42.0 Å². The Morgan fingerprint density at radius 2 is 1.71 bits per heavy atom. The van der Waals surface area contributed by atoms with Crippen molar-refractivity contribution in [3.05, 3.63) is 88.2 Å². The van der Waals surface area contributed by atoms with Gasteiger partial charge in [0.05, 0.1) is 11.0 Å². The van der Waals surface area contributed by atoms with Gasteiger partial charge < -0.3 is 14.4 Å². The van der Waals surface area contributed by atoms with Gasteiger partial charge in [-0.1, -0.05) is 0 Å². The molecule has 1 aliphatic heterocycles. The first-order valence-electron chi connectivity index (χ1n) is 10.1. The number of aliphatic hydroxyl groups excluding tert-OH is 1. The van der Waals surface area contributed by atoms with Crippen molar-refractivity contribution in [1.82, 2.24) is 0 Å². The number of carbonyl (C=O) groups excluding carboxylic acids is 1. The molecule has 0 unspecified atom stereocenters. The Hall–Kier alpha value is -3.71. The zero-order valence-corrected chi connectivity index (χ0v) is 16.8. The highest BCUT2D eigenvalue weighted by Crippen LogP contribution is 2.25. The molecule has 1 fully saturated rings. The van der Waals surface area contributed by atoms with Crippen molar-refractivity contribution in [2.24, 2.45) is 0 Å². The molecular formula is C24H22N2O5. The maximum Gasteiger partial charge on any atom is 0.269 e. The molecule has 1 aliphatic rings. The van der Waals surface area contributed by atoms with Crippen molar-refractivity contribution < 1.29 is 19.2 Å². The number of allylic oxidation sites excluding steroid dienone is 1. The minimum atomic E-state index is -0.449. The second-order valence-electron chi connectivity index (χ2n) is 7.47. The molecule has 31 heavy (non-hydrogen) atoms. The van der Waals surface area contributed by atoms with Crippen molar-refractivity contribution in [3.8, 4) is 11.3 Å². The van der Waals surface area contributed by atoms with Crippen molar-refractivity contribution in [3.63, 3.8) is 0 Å². The first kappa shape index (κ1) is 20.6. The van der Waals surface area contributed by atoms with Gasteiger partial charge in [0.2, 0.25) is 0 Å². The van der Waals surface area contributed by atoms with E-state index in [1.807, 2.05) is 12.1 Å². The molecule has 1 aromatic heterocycles. The van der Waals surface area contributed by atoms with Crippen molar-refractivity contribution in [1.29, 1.82) is 0 Å². The molecule has 7 nitrogen and oxygen atoms in total. The number of ketones is 1. The van der Waals surface area contributed by atoms with Crippen molar-refractivity contribution in [2.45, 2.75) is 18.9 Å². The van der Waals surface area contributed by atoms with Gasteiger partial charge in [-0.2, -0.15) is 0 Å². The number of hydrogen-bond donors (Lipinski definition) is 1. The van der Waals surface area contributed by atoms with Crippen LogP contribution in [0, 0.1) is 10.1 Å². The second-order valence-corrected chi connectivity index (χ2v) is 7.47. The number of nitro benzene ring substituents is 1. The van der Waals surface area contributed by atoms with Crippen molar-refractivity contribution in [2.75, 3.05) is 18.0 Å². The third-order valence-electron chi connectivity index (χ3n) is 5.37. The van der Waals surface area contributed by atoms with Crippen LogP contribution >= 0.6 is 0 Å². The topological polar surface area (TPSA) is 96.8 Å². The zero-order chi connectivity index (χ0) is 21.8. The van der Waals surface area contributed by atoms with Crippen LogP contribution in [-0.4, -0.2) is 35.0 Å². The first-order valence-corrected chi connectivity index (χ1v) is 10.1. The van der Waals surface area contributed by atoms with E-state index in [4.69, 9.17) is 4.42 Å². The van der Waals surface area contributed by atoms with E-state index in [0.29, 0.717) is 17.1 Å². The number of carbonyl (C=O) groups is 1. The van der Waals surface area contributed by atoms with E-state index in [1.54, 1.807) is 42.5 Å². The smallest absolute Gasteiger partial charge is 0.269 e. The fourth-order valence-electron chi connectivity index (χ4n) is 3.56. The van der Waals surface area contributed by atoms with E-state index in [1.165, 1.54) is 18.2 Å². The van der Waals surface area contributed by atoms with Gasteiger partial charge in [-0.05, 0) is 73.5 Å². The number of hydrogen-bond acceptors (Lipinski definition) is 6. The van der Waals surface area contributed by atoms with Crippen LogP contribution < -0.4 is 4.90 Å². The van der Waals surface area contributed by atoms with Crippen LogP contribution in [-0.2, 0) is 0 Å². The second kappa shape index (κ2) is 8.97. The number of nitro groups is 1. The molecule has 4 rings (SSSR count). The molecule has 0 amide bonds. The van der Waals surface area contributed by atoms with Crippen LogP contribution in [0.5, 0.6) is 0 Å². The molecule has 0 bridgehead atoms. The summed E-state index contributed by atoms with van der Waals surface area (Å²) in [6, 6.07) is 17.1. The number of rotatable bonds is 6. The SMILES string of the molecule is O=C(C=Cc1ccc(-c2ccc([N+](=O)[O-])cc2)o1)c1ccc(N2CCC(O)CC2)cc1. The van der Waals surface area contributed by atoms with Crippen molar-refractivity contribution >= 4 is 23.2 Å². The Bertz CT molecular complexity index is 1090. The summed E-state index contributed by atoms with van der Waals surface area (Å²) in [7, 11) is 0. The average Bonchev–Trinajstić information content (AvgIpc) is 3.27. The predicted octanol–water partition coefficient (Wildman–Crippen LogP) is 4.71. The number of nitrogens with zero attached hydrogens (tertiary/aromatic N) is 2. The van der Waals surface area contributed by atoms with Gasteiger partial charge >= 0.3 is 0 Å². The largest absolute Gasteiger partial charge is 0.457 e. The fraction of sp³-hybridized carbons (Fsp3) is 0.208. The molecule has 0 saturated carbocycles. The van der Waals surface area contributed by atoms with Crippen LogP contribution in [0.15, 0.2) is 71.2 Å². The number of non-ortho nitro benzene ring substituents is 1. The highest BCUT2D eigenvalue weighted by molar-refractivity contribution is 6.06. The molecular weight excluding hydrogens is 396 g/mol. The monoisotopic (exact) mass is 418 g/mol. The van der Waals surface area contributed by atoms with Gasteiger partial charge in [-0.3, -0.25) is 14.9 Å². The minimum absolute atomic E-state index is 0.0184. The Kier molecular flexibility index (Phi) is 5.95. The lowest BCUT2D eigenvalue weighted by Crippen LogP contribution is -2.35. The van der Waals surface area contributed by atoms with E-state index < -0.39 is 4.92 Å². The zero-order valence-electron chi connectivity index (χ0n) is 16.8. The van der Waals surface area contributed by atoms with Gasteiger partial charge in [0.15, 0.2) is 5.78 Å². The van der Waals surface area contributed by atoms with E-state index in [2.05, 4.69) is 4.90 Å². The first-order chi connectivity index (χ1) is 15.0. The molecule has 158 valence electrons. The summed E-state index contributed by atoms with van der Waals surface area (Å²) in [4.78, 5) is 25.0. The van der Waals surface area contributed by atoms with Crippen LogP contribution in [0.3, 0.4) is 0 Å². The highest BCUT2D eigenvalue weighted by Gasteiger charge is 2.17. The summed E-state index contributed by atoms with van der Waals surface area (Å²) in [5, 5.41) is 20.4. The lowest BCUT2D eigenvalue weighted by Gasteiger charge is -2.31. The van der Waals surface area contributed by atoms with Crippen LogP contribution in [0.4, 0.5) is 11.4 Å². The van der Waals surface area contributed by atoms with Gasteiger partial charge in [-0.15, -0.1) is 0 Å². The summed E-state index contributed by atoms with van der Waals surface area (Å²) >= 11 is 0. The molecule has 7 heteroatoms. The summed E-state index contributed by atoms with van der Waals surface area (Å²) in [6.45, 7) is 1.62. The Morgan fingerprint density at radius 3 is 2.35 bits per heavy atom. The molecule has 0 atom stereocenters. The number of benzene rings is 2. The molecule has 0 radical (unpaired) electrons. The average molecular weight is 418 g/mol. The Morgan fingerprint density at radius 1 is 1.03 bits per heavy atom. The maximum absolute atomic E-state index is 12.5. The third kappa shape index (κ3) is 4.90. The summed E-state index contributed by atoms with van der Waals surface area (Å²) in [5.74, 6) is 0.956. The van der Waals surface area contributed by atoms with Crippen LogP contribution in [0.1, 0.15) is 29.0 Å². The molecule has 1 saturated heterocycles. The minimum Gasteiger partial charge on any atom is -0.457 e. The lowest BCUT2D eigenvalue weighted by molar-refractivity contribution is -0.384. The predicted molar refractivity (Wildman–Crippen MR) is 118 cm³/mol. The third-order valence-corrected chi connectivity index (χ3v) is 5.37.